The van der Waals surface area contributed by atoms with Crippen LogP contribution in [0.1, 0.15) is 18.1 Å². The van der Waals surface area contributed by atoms with Crippen molar-refractivity contribution in [2.45, 2.75) is 25.6 Å². The van der Waals surface area contributed by atoms with Gasteiger partial charge in [-0.1, -0.05) is 12.1 Å². The summed E-state index contributed by atoms with van der Waals surface area (Å²) in [6.45, 7) is 1.34. The summed E-state index contributed by atoms with van der Waals surface area (Å²) in [7, 11) is 0. The Morgan fingerprint density at radius 1 is 1.04 bits per heavy atom. The quantitative estimate of drug-likeness (QED) is 0.641. The van der Waals surface area contributed by atoms with Crippen LogP contribution in [0.2, 0.25) is 0 Å². The highest BCUT2D eigenvalue weighted by atomic mass is 19.4. The predicted molar refractivity (Wildman–Crippen MR) is 85.7 cm³/mol. The molecule has 2 aromatic carbocycles. The van der Waals surface area contributed by atoms with Gasteiger partial charge in [-0.05, 0) is 48.9 Å². The topological polar surface area (TPSA) is 55.4 Å². The number of rotatable bonds is 5. The number of nitrogens with one attached hydrogen (secondary N) is 1. The molecule has 1 atom stereocenters. The van der Waals surface area contributed by atoms with Crippen molar-refractivity contribution in [3.8, 4) is 0 Å². The van der Waals surface area contributed by atoms with Gasteiger partial charge in [0.15, 0.2) is 6.10 Å². The van der Waals surface area contributed by atoms with Gasteiger partial charge in [-0.2, -0.15) is 13.2 Å². The molecular weight excluding hydrogens is 354 g/mol. The van der Waals surface area contributed by atoms with Crippen molar-refractivity contribution in [2.75, 3.05) is 5.32 Å². The van der Waals surface area contributed by atoms with E-state index in [0.29, 0.717) is 5.56 Å². The number of alkyl halides is 3. The average Bonchev–Trinajstić information content (AvgIpc) is 2.56. The van der Waals surface area contributed by atoms with Gasteiger partial charge in [0.25, 0.3) is 5.91 Å². The summed E-state index contributed by atoms with van der Waals surface area (Å²) in [6, 6.07) is 9.11. The van der Waals surface area contributed by atoms with Gasteiger partial charge in [0.2, 0.25) is 0 Å². The van der Waals surface area contributed by atoms with Crippen molar-refractivity contribution in [3.63, 3.8) is 0 Å². The molecule has 0 spiro atoms. The Bertz CT molecular complexity index is 771. The minimum atomic E-state index is -4.47. The maximum atomic E-state index is 12.8. The summed E-state index contributed by atoms with van der Waals surface area (Å²) in [5.74, 6) is -1.81. The molecule has 26 heavy (non-hydrogen) atoms. The Morgan fingerprint density at radius 3 is 2.15 bits per heavy atom. The normalized spacial score (nSPS) is 12.3. The van der Waals surface area contributed by atoms with Crippen molar-refractivity contribution in [1.82, 2.24) is 0 Å². The fourth-order valence-corrected chi connectivity index (χ4v) is 2.05. The molecule has 2 rings (SSSR count). The molecule has 0 aliphatic heterocycles. The Morgan fingerprint density at radius 2 is 1.62 bits per heavy atom. The molecule has 0 saturated heterocycles. The van der Waals surface area contributed by atoms with Crippen LogP contribution < -0.4 is 5.32 Å². The zero-order valence-electron chi connectivity index (χ0n) is 13.6. The Labute approximate surface area is 146 Å². The van der Waals surface area contributed by atoms with Crippen molar-refractivity contribution in [1.29, 1.82) is 0 Å². The van der Waals surface area contributed by atoms with Crippen LogP contribution in [0.3, 0.4) is 0 Å². The largest absolute Gasteiger partial charge is 0.452 e. The molecule has 8 heteroatoms. The van der Waals surface area contributed by atoms with E-state index in [0.717, 1.165) is 24.3 Å². The second-order valence-electron chi connectivity index (χ2n) is 5.50. The fourth-order valence-electron chi connectivity index (χ4n) is 2.05. The van der Waals surface area contributed by atoms with Gasteiger partial charge in [-0.15, -0.1) is 0 Å². The first-order valence-electron chi connectivity index (χ1n) is 7.57. The number of benzene rings is 2. The van der Waals surface area contributed by atoms with E-state index >= 15 is 0 Å². The number of carbonyl (C=O) groups excluding carboxylic acids is 2. The van der Waals surface area contributed by atoms with Crippen molar-refractivity contribution >= 4 is 17.6 Å². The highest BCUT2D eigenvalue weighted by Gasteiger charge is 2.30. The molecule has 0 fully saturated rings. The van der Waals surface area contributed by atoms with Crippen LogP contribution in [0.5, 0.6) is 0 Å². The first-order valence-corrected chi connectivity index (χ1v) is 7.57. The molecule has 0 radical (unpaired) electrons. The van der Waals surface area contributed by atoms with E-state index in [1.54, 1.807) is 0 Å². The van der Waals surface area contributed by atoms with Crippen LogP contribution in [-0.2, 0) is 26.9 Å². The smallest absolute Gasteiger partial charge is 0.416 e. The summed E-state index contributed by atoms with van der Waals surface area (Å²) in [5.41, 5.74) is -0.176. The summed E-state index contributed by atoms with van der Waals surface area (Å²) in [4.78, 5) is 23.8. The molecule has 138 valence electrons. The maximum absolute atomic E-state index is 12.8. The molecule has 0 aromatic heterocycles. The van der Waals surface area contributed by atoms with Gasteiger partial charge in [0, 0.05) is 5.69 Å². The van der Waals surface area contributed by atoms with E-state index in [2.05, 4.69) is 5.32 Å². The van der Waals surface area contributed by atoms with Crippen LogP contribution in [0, 0.1) is 5.82 Å². The monoisotopic (exact) mass is 369 g/mol. The standard InChI is InChI=1S/C18H15F4NO3/c1-11(26-16(24)10-12-2-6-14(19)7-3-12)17(25)23-15-8-4-13(5-9-15)18(20,21)22/h2-9,11H,10H2,1H3,(H,23,25)/t11-/m1/s1. The number of ether oxygens (including phenoxy) is 1. The summed E-state index contributed by atoms with van der Waals surface area (Å²) < 4.78 is 55.2. The molecule has 0 aliphatic rings. The average molecular weight is 369 g/mol. The van der Waals surface area contributed by atoms with E-state index in [-0.39, 0.29) is 12.1 Å². The van der Waals surface area contributed by atoms with Gasteiger partial charge in [-0.25, -0.2) is 4.39 Å². The van der Waals surface area contributed by atoms with Crippen LogP contribution in [0.25, 0.3) is 0 Å². The zero-order valence-corrected chi connectivity index (χ0v) is 13.6. The third-order valence-corrected chi connectivity index (χ3v) is 3.42. The molecular formula is C18H15F4NO3. The van der Waals surface area contributed by atoms with Gasteiger partial charge in [0.1, 0.15) is 5.82 Å². The lowest BCUT2D eigenvalue weighted by Crippen LogP contribution is -2.30. The summed E-state index contributed by atoms with van der Waals surface area (Å²) in [6.07, 6.45) is -5.76. The Hall–Kier alpha value is -2.90. The first kappa shape index (κ1) is 19.4. The van der Waals surface area contributed by atoms with Crippen LogP contribution in [0.4, 0.5) is 23.2 Å². The van der Waals surface area contributed by atoms with E-state index in [1.165, 1.54) is 31.2 Å². The highest BCUT2D eigenvalue weighted by Crippen LogP contribution is 2.29. The molecule has 0 heterocycles. The van der Waals surface area contributed by atoms with Gasteiger partial charge in [0.05, 0.1) is 12.0 Å². The summed E-state index contributed by atoms with van der Waals surface area (Å²) >= 11 is 0. The van der Waals surface area contributed by atoms with E-state index in [1.807, 2.05) is 0 Å². The van der Waals surface area contributed by atoms with Crippen molar-refractivity contribution < 1.29 is 31.9 Å². The number of carbonyl (C=O) groups is 2. The third kappa shape index (κ3) is 5.58. The maximum Gasteiger partial charge on any atom is 0.416 e. The van der Waals surface area contributed by atoms with Crippen LogP contribution in [-0.4, -0.2) is 18.0 Å². The second-order valence-corrected chi connectivity index (χ2v) is 5.50. The Kier molecular flexibility index (Phi) is 5.97. The zero-order chi connectivity index (χ0) is 19.3. The lowest BCUT2D eigenvalue weighted by molar-refractivity contribution is -0.152. The molecule has 0 unspecified atom stereocenters. The number of halogens is 4. The third-order valence-electron chi connectivity index (χ3n) is 3.42. The van der Waals surface area contributed by atoms with Crippen molar-refractivity contribution in [2.24, 2.45) is 0 Å². The van der Waals surface area contributed by atoms with Crippen LogP contribution >= 0.6 is 0 Å². The molecule has 1 amide bonds. The number of hydrogen-bond donors (Lipinski definition) is 1. The number of anilines is 1. The van der Waals surface area contributed by atoms with Gasteiger partial charge >= 0.3 is 12.1 Å². The molecule has 0 bridgehead atoms. The fraction of sp³-hybridized carbons (Fsp3) is 0.222. The number of esters is 1. The molecule has 2 aromatic rings. The lowest BCUT2D eigenvalue weighted by atomic mass is 10.1. The minimum absolute atomic E-state index is 0.141. The van der Waals surface area contributed by atoms with E-state index in [4.69, 9.17) is 4.74 Å². The second kappa shape index (κ2) is 7.99. The predicted octanol–water partition coefficient (Wildman–Crippen LogP) is 3.96. The van der Waals surface area contributed by atoms with E-state index < -0.39 is 35.5 Å². The number of amides is 1. The first-order chi connectivity index (χ1) is 12.1. The molecule has 0 aliphatic carbocycles. The van der Waals surface area contributed by atoms with E-state index in [9.17, 15) is 27.2 Å². The molecule has 4 nitrogen and oxygen atoms in total. The molecule has 1 N–H and O–H groups in total. The highest BCUT2D eigenvalue weighted by molar-refractivity contribution is 5.95. The van der Waals surface area contributed by atoms with Gasteiger partial charge in [-0.3, -0.25) is 9.59 Å². The minimum Gasteiger partial charge on any atom is -0.452 e. The lowest BCUT2D eigenvalue weighted by Gasteiger charge is -2.14. The van der Waals surface area contributed by atoms with Crippen LogP contribution in [0.15, 0.2) is 48.5 Å². The number of hydrogen-bond acceptors (Lipinski definition) is 3. The summed E-state index contributed by atoms with van der Waals surface area (Å²) in [5, 5.41) is 2.36. The van der Waals surface area contributed by atoms with Gasteiger partial charge < -0.3 is 10.1 Å². The SMILES string of the molecule is C[C@@H](OC(=O)Cc1ccc(F)cc1)C(=O)Nc1ccc(C(F)(F)F)cc1. The van der Waals surface area contributed by atoms with Crippen molar-refractivity contribution in [3.05, 3.63) is 65.5 Å². The molecule has 0 saturated carbocycles. The Balaban J connectivity index is 1.88.